The maximum Gasteiger partial charge on any atom is 0.472 e. The Morgan fingerprint density at radius 1 is 0.580 bits per heavy atom. The molecule has 3 N–H and O–H groups in total. The fourth-order valence-corrected chi connectivity index (χ4v) is 6.57. The highest BCUT2D eigenvalue weighted by molar-refractivity contribution is 7.47. The molecule has 50 heavy (non-hydrogen) atoms. The summed E-state index contributed by atoms with van der Waals surface area (Å²) in [5, 5.41) is 0. The van der Waals surface area contributed by atoms with E-state index in [2.05, 4.69) is 26.0 Å². The zero-order valence-corrected chi connectivity index (χ0v) is 33.3. The van der Waals surface area contributed by atoms with Crippen LogP contribution in [0.5, 0.6) is 0 Å². The van der Waals surface area contributed by atoms with Gasteiger partial charge in [-0.15, -0.1) is 0 Å². The summed E-state index contributed by atoms with van der Waals surface area (Å²) in [5.74, 6) is -0.827. The monoisotopic (exact) mass is 732 g/mol. The first kappa shape index (κ1) is 48.8. The molecule has 0 aliphatic rings. The van der Waals surface area contributed by atoms with Crippen molar-refractivity contribution in [2.45, 2.75) is 206 Å². The molecule has 1 unspecified atom stereocenters. The molecule has 10 heteroatoms. The minimum Gasteiger partial charge on any atom is -0.462 e. The summed E-state index contributed by atoms with van der Waals surface area (Å²) in [4.78, 5) is 34.6. The third-order valence-corrected chi connectivity index (χ3v) is 9.89. The van der Waals surface area contributed by atoms with Crippen LogP contribution < -0.4 is 5.73 Å². The van der Waals surface area contributed by atoms with Crippen molar-refractivity contribution in [3.8, 4) is 0 Å². The SMILES string of the molecule is CCCCCCCC/C=C/CCCCCCCCCCCCCC(=O)O[C@H](COC(=O)CCCCCCCCCC)COP(=O)(O)OCCN. The van der Waals surface area contributed by atoms with Crippen molar-refractivity contribution in [3.05, 3.63) is 12.2 Å². The third kappa shape index (κ3) is 36.5. The Labute approximate surface area is 307 Å². The Balaban J connectivity index is 4.03. The van der Waals surface area contributed by atoms with Crippen LogP contribution in [0.25, 0.3) is 0 Å². The van der Waals surface area contributed by atoms with E-state index in [1.54, 1.807) is 0 Å². The average Bonchev–Trinajstić information content (AvgIpc) is 3.10. The molecule has 0 fully saturated rings. The van der Waals surface area contributed by atoms with Gasteiger partial charge in [0.2, 0.25) is 0 Å². The Morgan fingerprint density at radius 2 is 0.980 bits per heavy atom. The molecule has 0 radical (unpaired) electrons. The molecule has 0 spiro atoms. The fraction of sp³-hybridized carbons (Fsp3) is 0.900. The van der Waals surface area contributed by atoms with Crippen LogP contribution in [0.1, 0.15) is 200 Å². The molecule has 0 saturated heterocycles. The van der Waals surface area contributed by atoms with E-state index in [9.17, 15) is 19.0 Å². The molecule has 0 rings (SSSR count). The van der Waals surface area contributed by atoms with Gasteiger partial charge in [-0.2, -0.15) is 0 Å². The van der Waals surface area contributed by atoms with E-state index in [1.165, 1.54) is 128 Å². The molecule has 296 valence electrons. The summed E-state index contributed by atoms with van der Waals surface area (Å²) < 4.78 is 32.6. The van der Waals surface area contributed by atoms with E-state index in [0.29, 0.717) is 6.42 Å². The maximum atomic E-state index is 12.5. The van der Waals surface area contributed by atoms with Gasteiger partial charge < -0.3 is 20.1 Å². The van der Waals surface area contributed by atoms with Gasteiger partial charge in [-0.25, -0.2) is 4.57 Å². The lowest BCUT2D eigenvalue weighted by Gasteiger charge is -2.19. The standard InChI is InChI=1S/C40H78NO8P/c1-3-5-7-9-11-13-14-15-16-17-18-19-20-21-22-23-24-25-27-29-31-33-40(43)49-38(37-48-50(44,45)47-35-34-41)36-46-39(42)32-30-28-26-12-10-8-6-4-2/h15-16,38H,3-14,17-37,41H2,1-2H3,(H,44,45)/b16-15+/t38-/m1/s1. The van der Waals surface area contributed by atoms with E-state index in [0.717, 1.165) is 38.5 Å². The lowest BCUT2D eigenvalue weighted by molar-refractivity contribution is -0.161. The predicted octanol–water partition coefficient (Wildman–Crippen LogP) is 11.4. The molecule has 0 aromatic heterocycles. The van der Waals surface area contributed by atoms with Gasteiger partial charge in [0.1, 0.15) is 6.61 Å². The quantitative estimate of drug-likeness (QED) is 0.0274. The van der Waals surface area contributed by atoms with Gasteiger partial charge in [0.05, 0.1) is 13.2 Å². The molecule has 0 aliphatic carbocycles. The highest BCUT2D eigenvalue weighted by Gasteiger charge is 2.26. The molecule has 0 saturated carbocycles. The second-order valence-corrected chi connectivity index (χ2v) is 15.3. The number of hydrogen-bond donors (Lipinski definition) is 2. The molecule has 0 heterocycles. The summed E-state index contributed by atoms with van der Waals surface area (Å²) in [6.07, 6.45) is 36.9. The van der Waals surface area contributed by atoms with Gasteiger partial charge in [0.25, 0.3) is 0 Å². The molecule has 0 aromatic carbocycles. The largest absolute Gasteiger partial charge is 0.472 e. The number of nitrogens with two attached hydrogens (primary N) is 1. The number of phosphoric acid groups is 1. The first-order chi connectivity index (χ1) is 24.3. The summed E-state index contributed by atoms with van der Waals surface area (Å²) in [7, 11) is -4.36. The van der Waals surface area contributed by atoms with Crippen LogP contribution in [-0.2, 0) is 32.7 Å². The minimum atomic E-state index is -4.36. The van der Waals surface area contributed by atoms with Crippen molar-refractivity contribution in [2.75, 3.05) is 26.4 Å². The summed E-state index contributed by atoms with van der Waals surface area (Å²) in [5.41, 5.74) is 5.33. The van der Waals surface area contributed by atoms with Crippen LogP contribution in [0.3, 0.4) is 0 Å². The minimum absolute atomic E-state index is 0.0559. The Morgan fingerprint density at radius 3 is 1.42 bits per heavy atom. The summed E-state index contributed by atoms with van der Waals surface area (Å²) in [6.45, 7) is 3.71. The van der Waals surface area contributed by atoms with Gasteiger partial charge in [-0.3, -0.25) is 18.6 Å². The van der Waals surface area contributed by atoms with Crippen molar-refractivity contribution < 1.29 is 37.6 Å². The maximum absolute atomic E-state index is 12.5. The number of unbranched alkanes of at least 4 members (excludes halogenated alkanes) is 24. The molecule has 0 aromatic rings. The Hall–Kier alpha value is -1.25. The molecule has 9 nitrogen and oxygen atoms in total. The summed E-state index contributed by atoms with van der Waals surface area (Å²) in [6, 6.07) is 0. The predicted molar refractivity (Wildman–Crippen MR) is 206 cm³/mol. The van der Waals surface area contributed by atoms with E-state index >= 15 is 0 Å². The number of allylic oxidation sites excluding steroid dienone is 2. The molecule has 2 atom stereocenters. The Kier molecular flexibility index (Phi) is 36.6. The normalized spacial score (nSPS) is 13.4. The van der Waals surface area contributed by atoms with E-state index in [1.807, 2.05) is 0 Å². The Bertz CT molecular complexity index is 840. The van der Waals surface area contributed by atoms with Crippen molar-refractivity contribution in [3.63, 3.8) is 0 Å². The number of rotatable bonds is 39. The number of phosphoric ester groups is 1. The van der Waals surface area contributed by atoms with Crippen LogP contribution in [0, 0.1) is 0 Å². The van der Waals surface area contributed by atoms with E-state index in [-0.39, 0.29) is 38.6 Å². The van der Waals surface area contributed by atoms with Gasteiger partial charge in [0, 0.05) is 19.4 Å². The zero-order chi connectivity index (χ0) is 36.8. The number of carbonyl (C=O) groups excluding carboxylic acids is 2. The average molecular weight is 732 g/mol. The van der Waals surface area contributed by atoms with Crippen LogP contribution >= 0.6 is 7.82 Å². The second-order valence-electron chi connectivity index (χ2n) is 13.9. The van der Waals surface area contributed by atoms with Crippen LogP contribution in [0.4, 0.5) is 0 Å². The van der Waals surface area contributed by atoms with Crippen LogP contribution in [-0.4, -0.2) is 49.3 Å². The molecule has 0 amide bonds. The lowest BCUT2D eigenvalue weighted by atomic mass is 10.0. The van der Waals surface area contributed by atoms with E-state index < -0.39 is 26.5 Å². The smallest absolute Gasteiger partial charge is 0.462 e. The number of ether oxygens (including phenoxy) is 2. The van der Waals surface area contributed by atoms with Gasteiger partial charge in [0.15, 0.2) is 6.10 Å². The van der Waals surface area contributed by atoms with Crippen molar-refractivity contribution in [1.29, 1.82) is 0 Å². The molecular weight excluding hydrogens is 653 g/mol. The van der Waals surface area contributed by atoms with Gasteiger partial charge in [-0.1, -0.05) is 161 Å². The lowest BCUT2D eigenvalue weighted by Crippen LogP contribution is -2.29. The van der Waals surface area contributed by atoms with Crippen molar-refractivity contribution >= 4 is 19.8 Å². The van der Waals surface area contributed by atoms with Crippen molar-refractivity contribution in [2.24, 2.45) is 5.73 Å². The molecule has 0 aliphatic heterocycles. The van der Waals surface area contributed by atoms with Crippen LogP contribution in [0.15, 0.2) is 12.2 Å². The fourth-order valence-electron chi connectivity index (χ4n) is 5.81. The second kappa shape index (κ2) is 37.5. The molecule has 0 bridgehead atoms. The third-order valence-electron chi connectivity index (χ3n) is 8.90. The summed E-state index contributed by atoms with van der Waals surface area (Å²) >= 11 is 0. The van der Waals surface area contributed by atoms with Crippen LogP contribution in [0.2, 0.25) is 0 Å². The first-order valence-corrected chi connectivity index (χ1v) is 22.2. The van der Waals surface area contributed by atoms with Crippen molar-refractivity contribution in [1.82, 2.24) is 0 Å². The number of esters is 2. The molecular formula is C40H78NO8P. The highest BCUT2D eigenvalue weighted by atomic mass is 31.2. The number of hydrogen-bond acceptors (Lipinski definition) is 8. The zero-order valence-electron chi connectivity index (χ0n) is 32.4. The van der Waals surface area contributed by atoms with E-state index in [4.69, 9.17) is 24.3 Å². The number of carbonyl (C=O) groups is 2. The first-order valence-electron chi connectivity index (χ1n) is 20.7. The van der Waals surface area contributed by atoms with Gasteiger partial charge >= 0.3 is 19.8 Å². The topological polar surface area (TPSA) is 134 Å². The van der Waals surface area contributed by atoms with Gasteiger partial charge in [-0.05, 0) is 38.5 Å². The highest BCUT2D eigenvalue weighted by Crippen LogP contribution is 2.43.